The summed E-state index contributed by atoms with van der Waals surface area (Å²) >= 11 is 0. The number of ether oxygens (including phenoxy) is 3. The van der Waals surface area contributed by atoms with Crippen molar-refractivity contribution in [3.63, 3.8) is 0 Å². The number of anilines is 1. The molecule has 0 amide bonds. The second-order valence-corrected chi connectivity index (χ2v) is 15.3. The maximum Gasteiger partial charge on any atom is 0.423 e. The predicted octanol–water partition coefficient (Wildman–Crippen LogP) is 3.61. The number of esters is 1. The Morgan fingerprint density at radius 2 is 1.97 bits per heavy atom. The van der Waals surface area contributed by atoms with Gasteiger partial charge in [0.1, 0.15) is 12.3 Å². The molecule has 36 heavy (non-hydrogen) atoms. The summed E-state index contributed by atoms with van der Waals surface area (Å²) in [4.78, 5) is 30.0. The number of hydrogen-bond donors (Lipinski definition) is 0. The molecular weight excluding hydrogens is 497 g/mol. The Labute approximate surface area is 208 Å². The van der Waals surface area contributed by atoms with Crippen molar-refractivity contribution in [2.24, 2.45) is 0 Å². The van der Waals surface area contributed by atoms with E-state index in [2.05, 4.69) is 34.5 Å². The Bertz CT molecular complexity index is 1120. The lowest BCUT2D eigenvalue weighted by Crippen LogP contribution is -2.36. The zero-order valence-corrected chi connectivity index (χ0v) is 21.8. The van der Waals surface area contributed by atoms with Crippen molar-refractivity contribution in [2.75, 3.05) is 31.8 Å². The molecule has 3 heterocycles. The van der Waals surface area contributed by atoms with Crippen LogP contribution >= 0.6 is 0 Å². The SMILES string of the molecule is COC(=O)CCOCC1c2ncccc2CN1c1cnn(COCC[Si](C)(C)C)c(=O)c1C(F)(F)F. The van der Waals surface area contributed by atoms with Crippen LogP contribution in [0.15, 0.2) is 29.3 Å². The average Bonchev–Trinajstić information content (AvgIpc) is 3.17. The van der Waals surface area contributed by atoms with Crippen LogP contribution in [0, 0.1) is 0 Å². The number of rotatable bonds is 11. The fourth-order valence-corrected chi connectivity index (χ4v) is 4.54. The average molecular weight is 529 g/mol. The fraction of sp³-hybridized carbons (Fsp3) is 0.565. The minimum atomic E-state index is -4.92. The van der Waals surface area contributed by atoms with Gasteiger partial charge in [0.2, 0.25) is 0 Å². The molecule has 0 fully saturated rings. The Morgan fingerprint density at radius 3 is 2.64 bits per heavy atom. The van der Waals surface area contributed by atoms with E-state index in [0.717, 1.165) is 12.2 Å². The Hall–Kier alpha value is -2.77. The zero-order valence-electron chi connectivity index (χ0n) is 20.8. The van der Waals surface area contributed by atoms with Crippen molar-refractivity contribution in [3.05, 3.63) is 51.7 Å². The molecule has 0 bridgehead atoms. The lowest BCUT2D eigenvalue weighted by molar-refractivity contribution is -0.142. The molecule has 0 N–H and O–H groups in total. The first kappa shape index (κ1) is 27.8. The quantitative estimate of drug-likeness (QED) is 0.248. The molecule has 1 atom stereocenters. The van der Waals surface area contributed by atoms with Crippen molar-refractivity contribution >= 4 is 19.7 Å². The highest BCUT2D eigenvalue weighted by molar-refractivity contribution is 6.76. The van der Waals surface area contributed by atoms with Gasteiger partial charge in [-0.2, -0.15) is 18.3 Å². The van der Waals surface area contributed by atoms with Gasteiger partial charge in [-0.1, -0.05) is 25.7 Å². The Kier molecular flexibility index (Phi) is 8.90. The molecule has 1 unspecified atom stereocenters. The summed E-state index contributed by atoms with van der Waals surface area (Å²) in [5.74, 6) is -0.462. The summed E-state index contributed by atoms with van der Waals surface area (Å²) in [5, 5.41) is 3.99. The van der Waals surface area contributed by atoms with Gasteiger partial charge in [0.15, 0.2) is 0 Å². The third kappa shape index (κ3) is 6.92. The highest BCUT2D eigenvalue weighted by Gasteiger charge is 2.43. The number of halogens is 3. The van der Waals surface area contributed by atoms with Gasteiger partial charge in [0.25, 0.3) is 5.56 Å². The minimum Gasteiger partial charge on any atom is -0.469 e. The van der Waals surface area contributed by atoms with Crippen LogP contribution in [-0.2, 0) is 38.5 Å². The van der Waals surface area contributed by atoms with Gasteiger partial charge < -0.3 is 19.1 Å². The van der Waals surface area contributed by atoms with Crippen molar-refractivity contribution in [1.29, 1.82) is 0 Å². The van der Waals surface area contributed by atoms with Gasteiger partial charge in [-0.05, 0) is 17.7 Å². The molecule has 1 aliphatic heterocycles. The minimum absolute atomic E-state index is 0.00139. The number of carbonyl (C=O) groups is 1. The zero-order chi connectivity index (χ0) is 26.5. The molecule has 0 saturated carbocycles. The lowest BCUT2D eigenvalue weighted by atomic mass is 10.1. The van der Waals surface area contributed by atoms with E-state index >= 15 is 0 Å². The van der Waals surface area contributed by atoms with E-state index in [1.54, 1.807) is 18.3 Å². The summed E-state index contributed by atoms with van der Waals surface area (Å²) in [6.45, 7) is 6.50. The van der Waals surface area contributed by atoms with Gasteiger partial charge in [-0.15, -0.1) is 0 Å². The van der Waals surface area contributed by atoms with E-state index in [-0.39, 0.29) is 38.6 Å². The number of nitrogens with zero attached hydrogens (tertiary/aromatic N) is 4. The topological polar surface area (TPSA) is 95.8 Å². The van der Waals surface area contributed by atoms with Crippen LogP contribution in [0.3, 0.4) is 0 Å². The molecule has 0 spiro atoms. The first-order chi connectivity index (χ1) is 16.9. The highest BCUT2D eigenvalue weighted by Crippen LogP contribution is 2.41. The number of carbonyl (C=O) groups excluding carboxylic acids is 1. The van der Waals surface area contributed by atoms with Gasteiger partial charge in [-0.3, -0.25) is 14.6 Å². The summed E-state index contributed by atoms with van der Waals surface area (Å²) in [6.07, 6.45) is -2.34. The molecule has 1 aliphatic rings. The van der Waals surface area contributed by atoms with E-state index in [0.29, 0.717) is 22.5 Å². The van der Waals surface area contributed by atoms with Crippen molar-refractivity contribution < 1.29 is 32.2 Å². The second-order valence-electron chi connectivity index (χ2n) is 9.65. The fourth-order valence-electron chi connectivity index (χ4n) is 3.79. The largest absolute Gasteiger partial charge is 0.469 e. The van der Waals surface area contributed by atoms with E-state index in [1.807, 2.05) is 0 Å². The lowest BCUT2D eigenvalue weighted by Gasteiger charge is -2.28. The van der Waals surface area contributed by atoms with E-state index in [1.165, 1.54) is 12.0 Å². The van der Waals surface area contributed by atoms with Crippen molar-refractivity contribution in [3.8, 4) is 0 Å². The maximum absolute atomic E-state index is 14.2. The number of pyridine rings is 1. The summed E-state index contributed by atoms with van der Waals surface area (Å²) in [6, 6.07) is 3.56. The monoisotopic (exact) mass is 528 g/mol. The molecular formula is C23H31F3N4O5Si. The van der Waals surface area contributed by atoms with Crippen LogP contribution in [0.1, 0.15) is 29.3 Å². The van der Waals surface area contributed by atoms with Crippen LogP contribution < -0.4 is 10.5 Å². The van der Waals surface area contributed by atoms with E-state index in [9.17, 15) is 22.8 Å². The van der Waals surface area contributed by atoms with Gasteiger partial charge in [0.05, 0.1) is 50.4 Å². The summed E-state index contributed by atoms with van der Waals surface area (Å²) in [5.41, 5.74) is -1.69. The summed E-state index contributed by atoms with van der Waals surface area (Å²) < 4.78 is 58.8. The van der Waals surface area contributed by atoms with Gasteiger partial charge in [-0.25, -0.2) is 4.68 Å². The molecule has 0 radical (unpaired) electrons. The van der Waals surface area contributed by atoms with Gasteiger partial charge in [0, 0.05) is 27.4 Å². The Morgan fingerprint density at radius 1 is 1.22 bits per heavy atom. The third-order valence-corrected chi connectivity index (χ3v) is 7.44. The standard InChI is InChI=1S/C23H31F3N4O5Si/c1-33-19(31)7-9-34-14-18-21-16(6-5-8-27-21)13-29(18)17-12-28-30(15-35-10-11-36(2,3)4)22(32)20(17)23(24,25)26/h5-6,8,12,18H,7,9-11,13-15H2,1-4H3. The first-order valence-electron chi connectivity index (χ1n) is 11.5. The first-order valence-corrected chi connectivity index (χ1v) is 15.2. The second kappa shape index (κ2) is 11.5. The molecule has 0 aromatic carbocycles. The highest BCUT2D eigenvalue weighted by atomic mass is 28.3. The number of methoxy groups -OCH3 is 1. The van der Waals surface area contributed by atoms with Crippen LogP contribution in [-0.4, -0.2) is 55.7 Å². The number of fused-ring (bicyclic) bond motifs is 1. The molecule has 13 heteroatoms. The third-order valence-electron chi connectivity index (χ3n) is 5.74. The van der Waals surface area contributed by atoms with Crippen LogP contribution in [0.25, 0.3) is 0 Å². The maximum atomic E-state index is 14.2. The van der Waals surface area contributed by atoms with Crippen LogP contribution in [0.2, 0.25) is 25.7 Å². The smallest absolute Gasteiger partial charge is 0.423 e. The number of hydrogen-bond acceptors (Lipinski definition) is 8. The van der Waals surface area contributed by atoms with Gasteiger partial charge >= 0.3 is 12.1 Å². The molecule has 2 aromatic heterocycles. The van der Waals surface area contributed by atoms with Crippen LogP contribution in [0.5, 0.6) is 0 Å². The molecule has 198 valence electrons. The molecule has 0 saturated heterocycles. The van der Waals surface area contributed by atoms with Crippen molar-refractivity contribution in [1.82, 2.24) is 14.8 Å². The normalized spacial score (nSPS) is 15.8. The van der Waals surface area contributed by atoms with E-state index in [4.69, 9.17) is 9.47 Å². The van der Waals surface area contributed by atoms with Crippen molar-refractivity contribution in [2.45, 2.75) is 57.6 Å². The number of aromatic nitrogens is 3. The molecule has 0 aliphatic carbocycles. The van der Waals surface area contributed by atoms with Crippen LogP contribution in [0.4, 0.5) is 18.9 Å². The Balaban J connectivity index is 1.88. The van der Waals surface area contributed by atoms with E-state index < -0.39 is 37.4 Å². The number of alkyl halides is 3. The predicted molar refractivity (Wildman–Crippen MR) is 128 cm³/mol. The molecule has 3 rings (SSSR count). The molecule has 9 nitrogen and oxygen atoms in total. The summed E-state index contributed by atoms with van der Waals surface area (Å²) in [7, 11) is -0.145. The molecule has 2 aromatic rings.